The number of hydrogen-bond donors (Lipinski definition) is 3. The van der Waals surface area contributed by atoms with E-state index < -0.39 is 6.04 Å². The van der Waals surface area contributed by atoms with Crippen molar-refractivity contribution in [2.75, 3.05) is 17.7 Å². The maximum Gasteiger partial charge on any atom is 0.242 e. The lowest BCUT2D eigenvalue weighted by Gasteiger charge is -2.21. The Hall–Kier alpha value is -2.44. The molecule has 0 saturated carbocycles. The number of carbonyl (C=O) groups excluding carboxylic acids is 2. The standard InChI is InChI=1S/C20H23Cl2N3O3/c1-11(16-7-5-14(21)9-17(16)22)24-20(27)12(2)23-18-10-15(25-13(3)26)6-8-19(18)28-4/h5-12,23H,1-4H3,(H,24,27)(H,25,26)/t11-,12-/m0/s1. The Kier molecular flexibility index (Phi) is 7.54. The topological polar surface area (TPSA) is 79.5 Å². The highest BCUT2D eigenvalue weighted by atomic mass is 35.5. The molecule has 0 radical (unpaired) electrons. The SMILES string of the molecule is COc1ccc(NC(C)=O)cc1N[C@@H](C)C(=O)N[C@@H](C)c1ccc(Cl)cc1Cl. The zero-order valence-electron chi connectivity index (χ0n) is 16.1. The maximum atomic E-state index is 12.6. The molecule has 0 aliphatic heterocycles. The summed E-state index contributed by atoms with van der Waals surface area (Å²) >= 11 is 12.1. The predicted molar refractivity (Wildman–Crippen MR) is 113 cm³/mol. The fraction of sp³-hybridized carbons (Fsp3) is 0.300. The average Bonchev–Trinajstić information content (AvgIpc) is 2.61. The Morgan fingerprint density at radius 1 is 1.07 bits per heavy atom. The number of ether oxygens (including phenoxy) is 1. The number of benzene rings is 2. The number of rotatable bonds is 7. The van der Waals surface area contributed by atoms with Crippen LogP contribution in [0.1, 0.15) is 32.4 Å². The number of methoxy groups -OCH3 is 1. The summed E-state index contributed by atoms with van der Waals surface area (Å²) in [5, 5.41) is 9.76. The Balaban J connectivity index is 2.10. The Bertz CT molecular complexity index is 874. The predicted octanol–water partition coefficient (Wildman–Crippen LogP) is 4.64. The van der Waals surface area contributed by atoms with Gasteiger partial charge in [-0.15, -0.1) is 0 Å². The van der Waals surface area contributed by atoms with Crippen LogP contribution in [-0.4, -0.2) is 25.0 Å². The van der Waals surface area contributed by atoms with Gasteiger partial charge in [-0.1, -0.05) is 29.3 Å². The van der Waals surface area contributed by atoms with Crippen LogP contribution in [0.4, 0.5) is 11.4 Å². The van der Waals surface area contributed by atoms with Crippen LogP contribution in [0.5, 0.6) is 5.75 Å². The molecule has 2 aromatic carbocycles. The first-order chi connectivity index (χ1) is 13.2. The second kappa shape index (κ2) is 9.66. The molecule has 0 spiro atoms. The number of nitrogens with one attached hydrogen (secondary N) is 3. The van der Waals surface area contributed by atoms with E-state index in [1.807, 2.05) is 6.92 Å². The first-order valence-corrected chi connectivity index (χ1v) is 9.44. The zero-order chi connectivity index (χ0) is 20.8. The van der Waals surface area contributed by atoms with Crippen LogP contribution in [0, 0.1) is 0 Å². The second-order valence-corrected chi connectivity index (χ2v) is 7.20. The minimum atomic E-state index is -0.560. The summed E-state index contributed by atoms with van der Waals surface area (Å²) in [4.78, 5) is 23.9. The van der Waals surface area contributed by atoms with Crippen LogP contribution in [0.15, 0.2) is 36.4 Å². The molecule has 0 unspecified atom stereocenters. The summed E-state index contributed by atoms with van der Waals surface area (Å²) in [6.45, 7) is 5.00. The van der Waals surface area contributed by atoms with Gasteiger partial charge in [0.1, 0.15) is 11.8 Å². The molecule has 0 fully saturated rings. The Morgan fingerprint density at radius 3 is 2.39 bits per heavy atom. The van der Waals surface area contributed by atoms with Crippen LogP contribution >= 0.6 is 23.2 Å². The second-order valence-electron chi connectivity index (χ2n) is 6.36. The van der Waals surface area contributed by atoms with Gasteiger partial charge in [0.25, 0.3) is 0 Å². The number of hydrogen-bond acceptors (Lipinski definition) is 4. The van der Waals surface area contributed by atoms with Crippen molar-refractivity contribution in [2.45, 2.75) is 32.9 Å². The van der Waals surface area contributed by atoms with Gasteiger partial charge in [0, 0.05) is 22.7 Å². The van der Waals surface area contributed by atoms with E-state index >= 15 is 0 Å². The van der Waals surface area contributed by atoms with E-state index in [0.717, 1.165) is 5.56 Å². The van der Waals surface area contributed by atoms with Gasteiger partial charge in [-0.2, -0.15) is 0 Å². The number of anilines is 2. The fourth-order valence-corrected chi connectivity index (χ4v) is 3.24. The summed E-state index contributed by atoms with van der Waals surface area (Å²) in [5.74, 6) is 0.156. The van der Waals surface area contributed by atoms with Gasteiger partial charge in [-0.05, 0) is 49.7 Å². The molecule has 28 heavy (non-hydrogen) atoms. The van der Waals surface area contributed by atoms with E-state index in [1.165, 1.54) is 14.0 Å². The normalized spacial score (nSPS) is 12.6. The molecular weight excluding hydrogens is 401 g/mol. The fourth-order valence-electron chi connectivity index (χ4n) is 2.67. The van der Waals surface area contributed by atoms with Crippen molar-refractivity contribution in [3.05, 3.63) is 52.0 Å². The largest absolute Gasteiger partial charge is 0.495 e. The van der Waals surface area contributed by atoms with E-state index in [9.17, 15) is 9.59 Å². The third-order valence-electron chi connectivity index (χ3n) is 4.07. The molecule has 6 nitrogen and oxygen atoms in total. The summed E-state index contributed by atoms with van der Waals surface area (Å²) in [6.07, 6.45) is 0. The van der Waals surface area contributed by atoms with Crippen molar-refractivity contribution < 1.29 is 14.3 Å². The van der Waals surface area contributed by atoms with Crippen molar-refractivity contribution in [2.24, 2.45) is 0 Å². The first-order valence-electron chi connectivity index (χ1n) is 8.68. The summed E-state index contributed by atoms with van der Waals surface area (Å²) in [5.41, 5.74) is 1.97. The van der Waals surface area contributed by atoms with Gasteiger partial charge >= 0.3 is 0 Å². The van der Waals surface area contributed by atoms with E-state index in [0.29, 0.717) is 27.2 Å². The van der Waals surface area contributed by atoms with Crippen molar-refractivity contribution in [1.82, 2.24) is 5.32 Å². The Labute approximate surface area is 174 Å². The van der Waals surface area contributed by atoms with Gasteiger partial charge in [-0.3, -0.25) is 9.59 Å². The highest BCUT2D eigenvalue weighted by Crippen LogP contribution is 2.29. The van der Waals surface area contributed by atoms with Gasteiger partial charge < -0.3 is 20.7 Å². The molecule has 2 atom stereocenters. The lowest BCUT2D eigenvalue weighted by molar-refractivity contribution is -0.122. The third kappa shape index (κ3) is 5.78. The smallest absolute Gasteiger partial charge is 0.242 e. The molecular formula is C20H23Cl2N3O3. The van der Waals surface area contributed by atoms with Gasteiger partial charge in [0.05, 0.1) is 18.8 Å². The van der Waals surface area contributed by atoms with Crippen molar-refractivity contribution in [1.29, 1.82) is 0 Å². The molecule has 0 saturated heterocycles. The zero-order valence-corrected chi connectivity index (χ0v) is 17.6. The van der Waals surface area contributed by atoms with Crippen LogP contribution in [0.25, 0.3) is 0 Å². The minimum absolute atomic E-state index is 0.185. The van der Waals surface area contributed by atoms with E-state index in [1.54, 1.807) is 43.3 Å². The van der Waals surface area contributed by atoms with Crippen LogP contribution in [0.2, 0.25) is 10.0 Å². The van der Waals surface area contributed by atoms with Gasteiger partial charge in [-0.25, -0.2) is 0 Å². The van der Waals surface area contributed by atoms with E-state index in [2.05, 4.69) is 16.0 Å². The van der Waals surface area contributed by atoms with Gasteiger partial charge in [0.15, 0.2) is 0 Å². The minimum Gasteiger partial charge on any atom is -0.495 e. The highest BCUT2D eigenvalue weighted by molar-refractivity contribution is 6.35. The highest BCUT2D eigenvalue weighted by Gasteiger charge is 2.19. The summed E-state index contributed by atoms with van der Waals surface area (Å²) < 4.78 is 5.33. The molecule has 8 heteroatoms. The molecule has 2 amide bonds. The lowest BCUT2D eigenvalue weighted by atomic mass is 10.1. The number of halogens is 2. The number of amides is 2. The molecule has 2 rings (SSSR count). The van der Waals surface area contributed by atoms with E-state index in [-0.39, 0.29) is 17.9 Å². The molecule has 2 aromatic rings. The maximum absolute atomic E-state index is 12.6. The molecule has 0 aliphatic rings. The lowest BCUT2D eigenvalue weighted by Crippen LogP contribution is -2.39. The van der Waals surface area contributed by atoms with Crippen LogP contribution in [0.3, 0.4) is 0 Å². The molecule has 0 aromatic heterocycles. The monoisotopic (exact) mass is 423 g/mol. The first kappa shape index (κ1) is 21.9. The molecule has 0 bridgehead atoms. The summed E-state index contributed by atoms with van der Waals surface area (Å²) in [6, 6.07) is 9.45. The quantitative estimate of drug-likeness (QED) is 0.605. The Morgan fingerprint density at radius 2 is 1.79 bits per heavy atom. The van der Waals surface area contributed by atoms with Crippen molar-refractivity contribution in [3.63, 3.8) is 0 Å². The van der Waals surface area contributed by atoms with Crippen molar-refractivity contribution >= 4 is 46.4 Å². The molecule has 3 N–H and O–H groups in total. The molecule has 150 valence electrons. The van der Waals surface area contributed by atoms with Crippen LogP contribution in [-0.2, 0) is 9.59 Å². The molecule has 0 aliphatic carbocycles. The molecule has 0 heterocycles. The van der Waals surface area contributed by atoms with E-state index in [4.69, 9.17) is 27.9 Å². The van der Waals surface area contributed by atoms with Gasteiger partial charge in [0.2, 0.25) is 11.8 Å². The van der Waals surface area contributed by atoms with Crippen molar-refractivity contribution in [3.8, 4) is 5.75 Å². The summed E-state index contributed by atoms with van der Waals surface area (Å²) in [7, 11) is 1.54. The average molecular weight is 424 g/mol. The third-order valence-corrected chi connectivity index (χ3v) is 4.64. The number of carbonyl (C=O) groups is 2. The van der Waals surface area contributed by atoms with Crippen LogP contribution < -0.4 is 20.7 Å².